The van der Waals surface area contributed by atoms with Gasteiger partial charge in [0.25, 0.3) is 0 Å². The predicted molar refractivity (Wildman–Crippen MR) is 67.8 cm³/mol. The van der Waals surface area contributed by atoms with Crippen molar-refractivity contribution in [1.82, 2.24) is 0 Å². The highest BCUT2D eigenvalue weighted by Gasteiger charge is 2.02. The number of hydrogen-bond donors (Lipinski definition) is 1. The molecule has 2 aromatic rings. The molecule has 2 aromatic carbocycles. The smallest absolute Gasteiger partial charge is 0.129 e. The summed E-state index contributed by atoms with van der Waals surface area (Å²) in [4.78, 5) is 0. The summed E-state index contributed by atoms with van der Waals surface area (Å²) in [7, 11) is 1.64. The van der Waals surface area contributed by atoms with Crippen molar-refractivity contribution >= 4 is 15.9 Å². The quantitative estimate of drug-likeness (QED) is 0.905. The van der Waals surface area contributed by atoms with Gasteiger partial charge in [-0.3, -0.25) is 0 Å². The molecule has 0 aromatic heterocycles. The lowest BCUT2D eigenvalue weighted by Gasteiger charge is -2.05. The maximum absolute atomic E-state index is 9.41. The summed E-state index contributed by atoms with van der Waals surface area (Å²) in [6, 6.07) is 13.2. The van der Waals surface area contributed by atoms with E-state index in [4.69, 9.17) is 4.74 Å². The summed E-state index contributed by atoms with van der Waals surface area (Å²) in [6.07, 6.45) is 0. The number of rotatable bonds is 2. The van der Waals surface area contributed by atoms with Crippen molar-refractivity contribution in [2.24, 2.45) is 0 Å². The molecule has 0 heterocycles. The van der Waals surface area contributed by atoms with E-state index < -0.39 is 0 Å². The van der Waals surface area contributed by atoms with Crippen LogP contribution in [0.5, 0.6) is 11.5 Å². The van der Waals surface area contributed by atoms with Crippen molar-refractivity contribution < 1.29 is 9.84 Å². The zero-order chi connectivity index (χ0) is 11.5. The van der Waals surface area contributed by atoms with Gasteiger partial charge in [-0.2, -0.15) is 0 Å². The molecule has 0 saturated heterocycles. The van der Waals surface area contributed by atoms with Crippen LogP contribution in [0.25, 0.3) is 11.1 Å². The van der Waals surface area contributed by atoms with Crippen LogP contribution in [0.1, 0.15) is 0 Å². The Morgan fingerprint density at radius 2 is 1.62 bits per heavy atom. The van der Waals surface area contributed by atoms with Crippen LogP contribution in [0.3, 0.4) is 0 Å². The van der Waals surface area contributed by atoms with E-state index >= 15 is 0 Å². The minimum absolute atomic E-state index is 0.247. The molecule has 0 spiro atoms. The summed E-state index contributed by atoms with van der Waals surface area (Å²) in [5, 5.41) is 9.41. The summed E-state index contributed by atoms with van der Waals surface area (Å²) in [6.45, 7) is 0. The molecule has 0 fully saturated rings. The predicted octanol–water partition coefficient (Wildman–Crippen LogP) is 3.83. The number of hydrogen-bond acceptors (Lipinski definition) is 2. The fraction of sp³-hybridized carbons (Fsp3) is 0.0769. The minimum atomic E-state index is 0.247. The first-order chi connectivity index (χ1) is 7.70. The Morgan fingerprint density at radius 3 is 2.19 bits per heavy atom. The van der Waals surface area contributed by atoms with E-state index in [1.165, 1.54) is 0 Å². The molecule has 2 nitrogen and oxygen atoms in total. The molecular weight excluding hydrogens is 268 g/mol. The number of aromatic hydroxyl groups is 1. The first-order valence-corrected chi connectivity index (χ1v) is 5.63. The summed E-state index contributed by atoms with van der Waals surface area (Å²) >= 11 is 3.30. The number of phenolic OH excluding ortho intramolecular Hbond substituents is 1. The zero-order valence-electron chi connectivity index (χ0n) is 8.77. The highest BCUT2D eigenvalue weighted by molar-refractivity contribution is 9.10. The third-order valence-electron chi connectivity index (χ3n) is 2.37. The second-order valence-corrected chi connectivity index (χ2v) is 4.25. The highest BCUT2D eigenvalue weighted by Crippen LogP contribution is 2.30. The maximum atomic E-state index is 9.41. The van der Waals surface area contributed by atoms with E-state index in [9.17, 15) is 5.11 Å². The van der Waals surface area contributed by atoms with Crippen molar-refractivity contribution in [3.8, 4) is 22.6 Å². The molecule has 3 heteroatoms. The normalized spacial score (nSPS) is 10.1. The molecule has 2 rings (SSSR count). The fourth-order valence-corrected chi connectivity index (χ4v) is 1.85. The van der Waals surface area contributed by atoms with E-state index in [0.717, 1.165) is 16.9 Å². The third-order valence-corrected chi connectivity index (χ3v) is 3.01. The van der Waals surface area contributed by atoms with Crippen LogP contribution < -0.4 is 4.74 Å². The molecule has 0 unspecified atom stereocenters. The van der Waals surface area contributed by atoms with Crippen molar-refractivity contribution in [1.29, 1.82) is 0 Å². The molecular formula is C13H11BrO2. The van der Waals surface area contributed by atoms with Crippen LogP contribution in [0.15, 0.2) is 46.9 Å². The Kier molecular flexibility index (Phi) is 3.15. The van der Waals surface area contributed by atoms with Gasteiger partial charge >= 0.3 is 0 Å². The minimum Gasteiger partial charge on any atom is -0.507 e. The molecule has 0 aliphatic heterocycles. The number of methoxy groups -OCH3 is 1. The van der Waals surface area contributed by atoms with Gasteiger partial charge in [-0.05, 0) is 51.3 Å². The van der Waals surface area contributed by atoms with Crippen LogP contribution >= 0.6 is 15.9 Å². The largest absolute Gasteiger partial charge is 0.507 e. The SMILES string of the molecule is COc1ccc(-c2ccc(O)c(Br)c2)cc1. The van der Waals surface area contributed by atoms with Crippen molar-refractivity contribution in [3.05, 3.63) is 46.9 Å². The molecule has 0 atom stereocenters. The van der Waals surface area contributed by atoms with Gasteiger partial charge in [-0.15, -0.1) is 0 Å². The average Bonchev–Trinajstić information content (AvgIpc) is 2.33. The van der Waals surface area contributed by atoms with Gasteiger partial charge < -0.3 is 9.84 Å². The van der Waals surface area contributed by atoms with E-state index in [1.54, 1.807) is 13.2 Å². The van der Waals surface area contributed by atoms with Crippen LogP contribution in [0.4, 0.5) is 0 Å². The summed E-state index contributed by atoms with van der Waals surface area (Å²) in [5.74, 6) is 1.08. The Bertz CT molecular complexity index is 492. The fourth-order valence-electron chi connectivity index (χ4n) is 1.47. The van der Waals surface area contributed by atoms with E-state index in [0.29, 0.717) is 4.47 Å². The Balaban J connectivity index is 2.38. The lowest BCUT2D eigenvalue weighted by molar-refractivity contribution is 0.415. The maximum Gasteiger partial charge on any atom is 0.129 e. The van der Waals surface area contributed by atoms with Crippen LogP contribution in [-0.4, -0.2) is 12.2 Å². The molecule has 0 aliphatic carbocycles. The van der Waals surface area contributed by atoms with Gasteiger partial charge in [-0.25, -0.2) is 0 Å². The number of halogens is 1. The Morgan fingerprint density at radius 1 is 1.00 bits per heavy atom. The van der Waals surface area contributed by atoms with Crippen molar-refractivity contribution in [3.63, 3.8) is 0 Å². The number of benzene rings is 2. The van der Waals surface area contributed by atoms with Gasteiger partial charge in [-0.1, -0.05) is 18.2 Å². The number of ether oxygens (including phenoxy) is 1. The molecule has 0 amide bonds. The van der Waals surface area contributed by atoms with E-state index in [-0.39, 0.29) is 5.75 Å². The second kappa shape index (κ2) is 4.58. The molecule has 0 saturated carbocycles. The molecule has 1 N–H and O–H groups in total. The van der Waals surface area contributed by atoms with Gasteiger partial charge in [0.05, 0.1) is 11.6 Å². The molecule has 0 radical (unpaired) electrons. The molecule has 16 heavy (non-hydrogen) atoms. The number of phenols is 1. The van der Waals surface area contributed by atoms with Crippen molar-refractivity contribution in [2.45, 2.75) is 0 Å². The molecule has 0 bridgehead atoms. The first-order valence-electron chi connectivity index (χ1n) is 4.83. The summed E-state index contributed by atoms with van der Waals surface area (Å²) in [5.41, 5.74) is 2.13. The third kappa shape index (κ3) is 2.19. The van der Waals surface area contributed by atoms with Gasteiger partial charge in [0.1, 0.15) is 11.5 Å². The highest BCUT2D eigenvalue weighted by atomic mass is 79.9. The standard InChI is InChI=1S/C13H11BrO2/c1-16-11-5-2-9(3-6-11)10-4-7-13(15)12(14)8-10/h2-8,15H,1H3. The lowest BCUT2D eigenvalue weighted by atomic mass is 10.1. The topological polar surface area (TPSA) is 29.5 Å². The first kappa shape index (κ1) is 11.0. The van der Waals surface area contributed by atoms with Crippen LogP contribution in [-0.2, 0) is 0 Å². The van der Waals surface area contributed by atoms with Crippen LogP contribution in [0, 0.1) is 0 Å². The van der Waals surface area contributed by atoms with Crippen molar-refractivity contribution in [2.75, 3.05) is 7.11 Å². The summed E-state index contributed by atoms with van der Waals surface area (Å²) < 4.78 is 5.79. The zero-order valence-corrected chi connectivity index (χ0v) is 10.4. The monoisotopic (exact) mass is 278 g/mol. The Hall–Kier alpha value is -1.48. The molecule has 82 valence electrons. The Labute approximate surface area is 103 Å². The lowest BCUT2D eigenvalue weighted by Crippen LogP contribution is -1.82. The van der Waals surface area contributed by atoms with Gasteiger partial charge in [0, 0.05) is 0 Å². The van der Waals surface area contributed by atoms with Gasteiger partial charge in [0.2, 0.25) is 0 Å². The van der Waals surface area contributed by atoms with E-state index in [1.807, 2.05) is 36.4 Å². The van der Waals surface area contributed by atoms with Gasteiger partial charge in [0.15, 0.2) is 0 Å². The second-order valence-electron chi connectivity index (χ2n) is 3.39. The van der Waals surface area contributed by atoms with Crippen LogP contribution in [0.2, 0.25) is 0 Å². The average molecular weight is 279 g/mol. The molecule has 0 aliphatic rings. The van der Waals surface area contributed by atoms with E-state index in [2.05, 4.69) is 15.9 Å².